The Balaban J connectivity index is 2.42. The van der Waals surface area contributed by atoms with Crippen molar-refractivity contribution in [1.29, 1.82) is 0 Å². The van der Waals surface area contributed by atoms with Crippen LogP contribution >= 0.6 is 0 Å². The van der Waals surface area contributed by atoms with E-state index in [0.29, 0.717) is 6.42 Å². The second kappa shape index (κ2) is 5.37. The zero-order valence-electron chi connectivity index (χ0n) is 10.7. The van der Waals surface area contributed by atoms with Crippen molar-refractivity contribution in [3.05, 3.63) is 24.0 Å². The molecular formula is C12H14FNO5S. The van der Waals surface area contributed by atoms with Crippen molar-refractivity contribution >= 4 is 16.0 Å². The molecule has 1 aliphatic rings. The van der Waals surface area contributed by atoms with E-state index in [2.05, 4.69) is 0 Å². The highest BCUT2D eigenvalue weighted by Gasteiger charge is 2.39. The minimum Gasteiger partial charge on any atom is -0.494 e. The van der Waals surface area contributed by atoms with Gasteiger partial charge in [0.1, 0.15) is 6.04 Å². The van der Waals surface area contributed by atoms with Crippen molar-refractivity contribution in [3.63, 3.8) is 0 Å². The van der Waals surface area contributed by atoms with Crippen LogP contribution in [0.5, 0.6) is 5.75 Å². The van der Waals surface area contributed by atoms with Crippen LogP contribution in [0.3, 0.4) is 0 Å². The highest BCUT2D eigenvalue weighted by Crippen LogP contribution is 2.29. The number of rotatable bonds is 4. The monoisotopic (exact) mass is 303 g/mol. The number of methoxy groups -OCH3 is 1. The van der Waals surface area contributed by atoms with Crippen LogP contribution in [0.15, 0.2) is 23.1 Å². The maximum Gasteiger partial charge on any atom is 0.322 e. The number of hydrogen-bond acceptors (Lipinski definition) is 4. The third-order valence-corrected chi connectivity index (χ3v) is 5.12. The average Bonchev–Trinajstić information content (AvgIpc) is 2.89. The first-order valence-corrected chi connectivity index (χ1v) is 7.40. The van der Waals surface area contributed by atoms with E-state index >= 15 is 0 Å². The number of halogens is 1. The molecule has 20 heavy (non-hydrogen) atoms. The molecule has 0 unspecified atom stereocenters. The summed E-state index contributed by atoms with van der Waals surface area (Å²) < 4.78 is 43.8. The number of benzene rings is 1. The summed E-state index contributed by atoms with van der Waals surface area (Å²) in [6.07, 6.45) is 0.751. The molecule has 0 bridgehead atoms. The Morgan fingerprint density at radius 1 is 1.50 bits per heavy atom. The van der Waals surface area contributed by atoms with Crippen molar-refractivity contribution in [2.24, 2.45) is 0 Å². The topological polar surface area (TPSA) is 83.9 Å². The van der Waals surface area contributed by atoms with Crippen molar-refractivity contribution < 1.29 is 27.4 Å². The van der Waals surface area contributed by atoms with E-state index in [-0.39, 0.29) is 23.6 Å². The molecule has 0 amide bonds. The lowest BCUT2D eigenvalue weighted by atomic mass is 10.2. The van der Waals surface area contributed by atoms with Gasteiger partial charge in [0, 0.05) is 12.6 Å². The summed E-state index contributed by atoms with van der Waals surface area (Å²) in [5, 5.41) is 9.05. The molecule has 1 aromatic rings. The molecule has 1 fully saturated rings. The lowest BCUT2D eigenvalue weighted by Gasteiger charge is -2.21. The molecule has 1 N–H and O–H groups in total. The molecule has 2 rings (SSSR count). The van der Waals surface area contributed by atoms with Crippen molar-refractivity contribution in [3.8, 4) is 5.75 Å². The quantitative estimate of drug-likeness (QED) is 0.899. The van der Waals surface area contributed by atoms with Crippen LogP contribution in [0.2, 0.25) is 0 Å². The summed E-state index contributed by atoms with van der Waals surface area (Å²) in [5.74, 6) is -2.06. The van der Waals surface area contributed by atoms with E-state index in [4.69, 9.17) is 9.84 Å². The van der Waals surface area contributed by atoms with Gasteiger partial charge in [-0.05, 0) is 25.0 Å². The molecule has 0 aromatic heterocycles. The largest absolute Gasteiger partial charge is 0.494 e. The zero-order valence-corrected chi connectivity index (χ0v) is 11.6. The number of ether oxygens (including phenoxy) is 1. The number of carboxylic acids is 1. The molecule has 0 aliphatic carbocycles. The fraction of sp³-hybridized carbons (Fsp3) is 0.417. The smallest absolute Gasteiger partial charge is 0.322 e. The van der Waals surface area contributed by atoms with E-state index in [1.54, 1.807) is 0 Å². The fourth-order valence-electron chi connectivity index (χ4n) is 2.21. The first-order chi connectivity index (χ1) is 9.37. The van der Waals surface area contributed by atoms with Crippen molar-refractivity contribution in [1.82, 2.24) is 4.31 Å². The Hall–Kier alpha value is -1.67. The van der Waals surface area contributed by atoms with Crippen molar-refractivity contribution in [2.45, 2.75) is 23.8 Å². The molecule has 1 heterocycles. The van der Waals surface area contributed by atoms with Gasteiger partial charge in [-0.15, -0.1) is 0 Å². The third kappa shape index (κ3) is 2.48. The van der Waals surface area contributed by atoms with E-state index in [1.807, 2.05) is 0 Å². The normalized spacial score (nSPS) is 20.0. The molecule has 1 aliphatic heterocycles. The van der Waals surface area contributed by atoms with Crippen LogP contribution in [0, 0.1) is 5.82 Å². The summed E-state index contributed by atoms with van der Waals surface area (Å²) in [5.41, 5.74) is 0. The summed E-state index contributed by atoms with van der Waals surface area (Å²) in [4.78, 5) is 10.9. The molecule has 8 heteroatoms. The summed E-state index contributed by atoms with van der Waals surface area (Å²) in [6, 6.07) is 2.07. The van der Waals surface area contributed by atoms with Gasteiger partial charge < -0.3 is 9.84 Å². The maximum absolute atomic E-state index is 13.3. The Morgan fingerprint density at radius 2 is 2.20 bits per heavy atom. The maximum atomic E-state index is 13.3. The molecule has 1 aromatic carbocycles. The van der Waals surface area contributed by atoms with Gasteiger partial charge in [0.05, 0.1) is 12.0 Å². The first kappa shape index (κ1) is 14.7. The van der Waals surface area contributed by atoms with Gasteiger partial charge in [0.15, 0.2) is 11.6 Å². The number of nitrogens with zero attached hydrogens (tertiary/aromatic N) is 1. The Kier molecular flexibility index (Phi) is 3.96. The van der Waals surface area contributed by atoms with Crippen LogP contribution in [-0.2, 0) is 14.8 Å². The van der Waals surface area contributed by atoms with Crippen molar-refractivity contribution in [2.75, 3.05) is 13.7 Å². The van der Waals surface area contributed by atoms with Crippen LogP contribution < -0.4 is 4.74 Å². The molecule has 0 spiro atoms. The van der Waals surface area contributed by atoms with Crippen LogP contribution in [0.1, 0.15) is 12.8 Å². The van der Waals surface area contributed by atoms with Gasteiger partial charge in [-0.25, -0.2) is 12.8 Å². The van der Waals surface area contributed by atoms with Gasteiger partial charge in [-0.1, -0.05) is 0 Å². The van der Waals surface area contributed by atoms with E-state index < -0.39 is 27.9 Å². The minimum absolute atomic E-state index is 0.138. The molecule has 1 saturated heterocycles. The second-order valence-corrected chi connectivity index (χ2v) is 6.30. The summed E-state index contributed by atoms with van der Waals surface area (Å²) in [6.45, 7) is 0.138. The molecule has 110 valence electrons. The van der Waals surface area contributed by atoms with Gasteiger partial charge in [-0.3, -0.25) is 4.79 Å². The van der Waals surface area contributed by atoms with Gasteiger partial charge in [0.25, 0.3) is 0 Å². The summed E-state index contributed by atoms with van der Waals surface area (Å²) in [7, 11) is -2.75. The number of sulfonamides is 1. The number of aliphatic carboxylic acids is 1. The molecule has 6 nitrogen and oxygen atoms in total. The fourth-order valence-corrected chi connectivity index (χ4v) is 3.88. The third-order valence-electron chi connectivity index (χ3n) is 3.22. The molecular weight excluding hydrogens is 289 g/mol. The number of hydrogen-bond donors (Lipinski definition) is 1. The van der Waals surface area contributed by atoms with Gasteiger partial charge in [-0.2, -0.15) is 4.31 Å². The molecule has 1 atom stereocenters. The Bertz CT molecular complexity index is 631. The summed E-state index contributed by atoms with van der Waals surface area (Å²) >= 11 is 0. The molecule has 0 radical (unpaired) electrons. The molecule has 0 saturated carbocycles. The Morgan fingerprint density at radius 3 is 2.80 bits per heavy atom. The van der Waals surface area contributed by atoms with E-state index in [1.165, 1.54) is 7.11 Å². The van der Waals surface area contributed by atoms with Crippen LogP contribution in [0.25, 0.3) is 0 Å². The average molecular weight is 303 g/mol. The number of carboxylic acid groups (broad SMARTS) is 1. The van der Waals surface area contributed by atoms with Crippen LogP contribution in [0.4, 0.5) is 4.39 Å². The predicted molar refractivity (Wildman–Crippen MR) is 67.5 cm³/mol. The lowest BCUT2D eigenvalue weighted by molar-refractivity contribution is -0.140. The van der Waals surface area contributed by atoms with E-state index in [0.717, 1.165) is 22.5 Å². The van der Waals surface area contributed by atoms with Gasteiger partial charge in [0.2, 0.25) is 10.0 Å². The minimum atomic E-state index is -3.98. The zero-order chi connectivity index (χ0) is 14.9. The second-order valence-electron chi connectivity index (χ2n) is 4.41. The van der Waals surface area contributed by atoms with Gasteiger partial charge >= 0.3 is 5.97 Å². The predicted octanol–water partition coefficient (Wildman–Crippen LogP) is 1.07. The SMILES string of the molecule is COc1cc(S(=O)(=O)N2CCC[C@H]2C(=O)O)ccc1F. The van der Waals surface area contributed by atoms with E-state index in [9.17, 15) is 17.6 Å². The lowest BCUT2D eigenvalue weighted by Crippen LogP contribution is -2.40. The highest BCUT2D eigenvalue weighted by atomic mass is 32.2. The highest BCUT2D eigenvalue weighted by molar-refractivity contribution is 7.89. The number of carbonyl (C=O) groups is 1. The standard InChI is InChI=1S/C12H14FNO5S/c1-19-11-7-8(4-5-9(11)13)20(17,18)14-6-2-3-10(14)12(15)16/h4-5,7,10H,2-3,6H2,1H3,(H,15,16)/t10-/m0/s1. The van der Waals surface area contributed by atoms with Crippen LogP contribution in [-0.4, -0.2) is 43.5 Å². The first-order valence-electron chi connectivity index (χ1n) is 5.96. The Labute approximate surface area is 115 Å².